The predicted octanol–water partition coefficient (Wildman–Crippen LogP) is 4.32. The summed E-state index contributed by atoms with van der Waals surface area (Å²) < 4.78 is 7.79. The lowest BCUT2D eigenvalue weighted by Crippen LogP contribution is -2.06. The third-order valence-corrected chi connectivity index (χ3v) is 4.59. The minimum Gasteiger partial charge on any atom is -0.492 e. The van der Waals surface area contributed by atoms with Crippen LogP contribution < -0.4 is 10.1 Å². The fraction of sp³-hybridized carbons (Fsp3) is 0.143. The Morgan fingerprint density at radius 1 is 1.23 bits per heavy atom. The van der Waals surface area contributed by atoms with Crippen molar-refractivity contribution in [1.82, 2.24) is 19.5 Å². The number of imidazole rings is 1. The highest BCUT2D eigenvalue weighted by molar-refractivity contribution is 7.13. The lowest BCUT2D eigenvalue weighted by molar-refractivity contribution is -0.134. The Labute approximate surface area is 177 Å². The molecule has 3 heterocycles. The van der Waals surface area contributed by atoms with Crippen molar-refractivity contribution in [2.45, 2.75) is 13.5 Å². The number of hydrogen-bond acceptors (Lipinski definition) is 7. The molecule has 4 rings (SSSR count). The van der Waals surface area contributed by atoms with Crippen LogP contribution in [0.1, 0.15) is 6.92 Å². The van der Waals surface area contributed by atoms with Gasteiger partial charge in [0.1, 0.15) is 12.4 Å². The number of benzene rings is 1. The number of carboxylic acids is 1. The van der Waals surface area contributed by atoms with Gasteiger partial charge >= 0.3 is 0 Å². The van der Waals surface area contributed by atoms with E-state index in [9.17, 15) is 0 Å². The zero-order valence-electron chi connectivity index (χ0n) is 16.3. The average Bonchev–Trinajstić information content (AvgIpc) is 3.43. The molecule has 0 spiro atoms. The van der Waals surface area contributed by atoms with Gasteiger partial charge in [-0.15, -0.1) is 11.3 Å². The Morgan fingerprint density at radius 3 is 2.83 bits per heavy atom. The highest BCUT2D eigenvalue weighted by Gasteiger charge is 2.04. The molecule has 0 radical (unpaired) electrons. The zero-order chi connectivity index (χ0) is 21.2. The van der Waals surface area contributed by atoms with Crippen molar-refractivity contribution in [2.24, 2.45) is 0 Å². The number of aliphatic carboxylic acids is 1. The van der Waals surface area contributed by atoms with Crippen LogP contribution in [0.2, 0.25) is 0 Å². The monoisotopic (exact) mass is 423 g/mol. The largest absolute Gasteiger partial charge is 0.492 e. The van der Waals surface area contributed by atoms with Crippen LogP contribution in [0, 0.1) is 0 Å². The fourth-order valence-electron chi connectivity index (χ4n) is 2.46. The maximum atomic E-state index is 9.00. The molecule has 0 fully saturated rings. The molecular weight excluding hydrogens is 402 g/mol. The van der Waals surface area contributed by atoms with Crippen LogP contribution in [0.3, 0.4) is 0 Å². The van der Waals surface area contributed by atoms with Crippen molar-refractivity contribution in [3.63, 3.8) is 0 Å². The molecule has 154 valence electrons. The highest BCUT2D eigenvalue weighted by Crippen LogP contribution is 2.24. The molecule has 2 N–H and O–H groups in total. The number of anilines is 2. The van der Waals surface area contributed by atoms with E-state index in [-0.39, 0.29) is 0 Å². The Hall–Kier alpha value is -3.72. The van der Waals surface area contributed by atoms with E-state index in [2.05, 4.69) is 20.3 Å². The van der Waals surface area contributed by atoms with Crippen molar-refractivity contribution < 1.29 is 14.6 Å². The molecule has 0 unspecified atom stereocenters. The van der Waals surface area contributed by atoms with Crippen molar-refractivity contribution in [3.8, 4) is 16.3 Å². The minimum absolute atomic E-state index is 0.562. The summed E-state index contributed by atoms with van der Waals surface area (Å²) in [7, 11) is 0. The summed E-state index contributed by atoms with van der Waals surface area (Å²) in [5.41, 5.74) is 1.79. The first-order chi connectivity index (χ1) is 14.6. The quantitative estimate of drug-likeness (QED) is 0.456. The molecular formula is C21H21N5O3S. The molecule has 3 aromatic heterocycles. The summed E-state index contributed by atoms with van der Waals surface area (Å²) in [5, 5.41) is 12.7. The minimum atomic E-state index is -0.833. The third kappa shape index (κ3) is 6.71. The van der Waals surface area contributed by atoms with E-state index in [0.717, 1.165) is 35.5 Å². The zero-order valence-corrected chi connectivity index (χ0v) is 17.1. The SMILES string of the molecule is CC(=O)O.c1cc(Nc2nccc(-c3cccs3)n2)cc(OCCn2ccnc2)c1. The Kier molecular flexibility index (Phi) is 7.51. The Bertz CT molecular complexity index is 1050. The summed E-state index contributed by atoms with van der Waals surface area (Å²) in [6.07, 6.45) is 7.21. The summed E-state index contributed by atoms with van der Waals surface area (Å²) in [6.45, 7) is 2.41. The van der Waals surface area contributed by atoms with Gasteiger partial charge in [0.15, 0.2) is 0 Å². The second-order valence-electron chi connectivity index (χ2n) is 6.06. The first-order valence-corrected chi connectivity index (χ1v) is 10.0. The Balaban J connectivity index is 0.000000589. The maximum Gasteiger partial charge on any atom is 0.300 e. The van der Waals surface area contributed by atoms with Gasteiger partial charge in [-0.05, 0) is 29.6 Å². The molecule has 0 amide bonds. The molecule has 8 nitrogen and oxygen atoms in total. The molecule has 0 bridgehead atoms. The van der Waals surface area contributed by atoms with E-state index < -0.39 is 5.97 Å². The standard InChI is InChI=1S/C19H17N5OS.C2H4O2/c1-3-15(13-16(4-1)25-11-10-24-9-8-20-14-24)22-19-21-7-6-17(23-19)18-5-2-12-26-18;1-2(3)4/h1-9,12-14H,10-11H2,(H,21,22,23);1H3,(H,3,4). The number of aromatic nitrogens is 4. The van der Waals surface area contributed by atoms with Crippen LogP contribution in [0.15, 0.2) is 72.8 Å². The molecule has 0 aliphatic heterocycles. The van der Waals surface area contributed by atoms with E-state index in [4.69, 9.17) is 14.6 Å². The van der Waals surface area contributed by atoms with Gasteiger partial charge in [-0.1, -0.05) is 12.1 Å². The first kappa shape index (κ1) is 21.0. The molecule has 0 aliphatic rings. The molecule has 1 aromatic carbocycles. The number of rotatable bonds is 7. The van der Waals surface area contributed by atoms with E-state index in [0.29, 0.717) is 12.6 Å². The number of carbonyl (C=O) groups is 1. The second-order valence-corrected chi connectivity index (χ2v) is 7.01. The number of ether oxygens (including phenoxy) is 1. The molecule has 0 aliphatic carbocycles. The van der Waals surface area contributed by atoms with Gasteiger partial charge in [0, 0.05) is 37.3 Å². The van der Waals surface area contributed by atoms with Gasteiger partial charge in [-0.25, -0.2) is 15.0 Å². The highest BCUT2D eigenvalue weighted by atomic mass is 32.1. The van der Waals surface area contributed by atoms with E-state index in [1.807, 2.05) is 58.6 Å². The van der Waals surface area contributed by atoms with Crippen molar-refractivity contribution in [2.75, 3.05) is 11.9 Å². The van der Waals surface area contributed by atoms with Crippen LogP contribution in [0.5, 0.6) is 5.75 Å². The van der Waals surface area contributed by atoms with Crippen molar-refractivity contribution in [1.29, 1.82) is 0 Å². The van der Waals surface area contributed by atoms with Crippen LogP contribution in [-0.2, 0) is 11.3 Å². The first-order valence-electron chi connectivity index (χ1n) is 9.12. The van der Waals surface area contributed by atoms with E-state index in [1.54, 1.807) is 30.1 Å². The summed E-state index contributed by atoms with van der Waals surface area (Å²) >= 11 is 1.66. The third-order valence-electron chi connectivity index (χ3n) is 3.70. The normalized spacial score (nSPS) is 10.0. The van der Waals surface area contributed by atoms with Gasteiger partial charge in [-0.2, -0.15) is 0 Å². The van der Waals surface area contributed by atoms with Crippen LogP contribution in [-0.4, -0.2) is 37.2 Å². The molecule has 0 saturated heterocycles. The summed E-state index contributed by atoms with van der Waals surface area (Å²) in [5.74, 6) is 0.524. The lowest BCUT2D eigenvalue weighted by Gasteiger charge is -2.10. The summed E-state index contributed by atoms with van der Waals surface area (Å²) in [6, 6.07) is 13.7. The van der Waals surface area contributed by atoms with E-state index in [1.165, 1.54) is 0 Å². The molecule has 0 saturated carbocycles. The van der Waals surface area contributed by atoms with Crippen LogP contribution in [0.25, 0.3) is 10.6 Å². The number of thiophene rings is 1. The predicted molar refractivity (Wildman–Crippen MR) is 116 cm³/mol. The average molecular weight is 423 g/mol. The number of carboxylic acid groups (broad SMARTS) is 1. The van der Waals surface area contributed by atoms with Gasteiger partial charge in [0.05, 0.1) is 23.4 Å². The number of nitrogens with zero attached hydrogens (tertiary/aromatic N) is 4. The van der Waals surface area contributed by atoms with Crippen LogP contribution in [0.4, 0.5) is 11.6 Å². The van der Waals surface area contributed by atoms with Crippen molar-refractivity contribution >= 4 is 28.9 Å². The molecule has 9 heteroatoms. The lowest BCUT2D eigenvalue weighted by atomic mass is 10.3. The van der Waals surface area contributed by atoms with Gasteiger partial charge < -0.3 is 19.7 Å². The topological polar surface area (TPSA) is 102 Å². The maximum absolute atomic E-state index is 9.00. The van der Waals surface area contributed by atoms with Gasteiger partial charge in [-0.3, -0.25) is 4.79 Å². The molecule has 30 heavy (non-hydrogen) atoms. The summed E-state index contributed by atoms with van der Waals surface area (Å²) in [4.78, 5) is 23.0. The Morgan fingerprint density at radius 2 is 2.10 bits per heavy atom. The van der Waals surface area contributed by atoms with Gasteiger partial charge in [0.2, 0.25) is 5.95 Å². The fourth-order valence-corrected chi connectivity index (χ4v) is 3.16. The molecule has 4 aromatic rings. The van der Waals surface area contributed by atoms with E-state index >= 15 is 0 Å². The van der Waals surface area contributed by atoms with Crippen LogP contribution >= 0.6 is 11.3 Å². The smallest absolute Gasteiger partial charge is 0.300 e. The second kappa shape index (κ2) is 10.7. The molecule has 0 atom stereocenters. The van der Waals surface area contributed by atoms with Gasteiger partial charge in [0.25, 0.3) is 5.97 Å². The number of hydrogen-bond donors (Lipinski definition) is 2. The number of nitrogens with one attached hydrogen (secondary N) is 1. The van der Waals surface area contributed by atoms with Crippen molar-refractivity contribution in [3.05, 3.63) is 72.8 Å².